The van der Waals surface area contributed by atoms with E-state index in [0.717, 1.165) is 36.9 Å². The lowest BCUT2D eigenvalue weighted by Crippen LogP contribution is -2.67. The number of aromatic hydroxyl groups is 1. The van der Waals surface area contributed by atoms with Crippen molar-refractivity contribution in [2.24, 2.45) is 5.92 Å². The fraction of sp³-hybridized carbons (Fsp3) is 0.607. The van der Waals surface area contributed by atoms with Gasteiger partial charge in [0.1, 0.15) is 11.8 Å². The van der Waals surface area contributed by atoms with Crippen LogP contribution in [0.25, 0.3) is 0 Å². The Hall–Kier alpha value is -3.11. The van der Waals surface area contributed by atoms with E-state index in [2.05, 4.69) is 10.6 Å². The van der Waals surface area contributed by atoms with Gasteiger partial charge in [-0.3, -0.25) is 4.79 Å². The average molecular weight is 527 g/mol. The summed E-state index contributed by atoms with van der Waals surface area (Å²) in [6.07, 6.45) is 4.69. The van der Waals surface area contributed by atoms with E-state index in [9.17, 15) is 24.6 Å². The summed E-state index contributed by atoms with van der Waals surface area (Å²) in [7, 11) is 0. The molecule has 0 radical (unpaired) electrons. The summed E-state index contributed by atoms with van der Waals surface area (Å²) in [4.78, 5) is 37.9. The number of esters is 2. The van der Waals surface area contributed by atoms with Crippen molar-refractivity contribution in [2.75, 3.05) is 6.54 Å². The summed E-state index contributed by atoms with van der Waals surface area (Å²) in [5.41, 5.74) is -0.0241. The largest absolute Gasteiger partial charge is 0.504 e. The molecule has 5 aliphatic rings. The van der Waals surface area contributed by atoms with Crippen LogP contribution in [0.5, 0.6) is 11.5 Å². The van der Waals surface area contributed by atoms with Crippen molar-refractivity contribution < 1.29 is 38.8 Å². The minimum atomic E-state index is -1.23. The molecule has 1 amide bonds. The molecule has 2 aliphatic heterocycles. The smallest absolute Gasteiger partial charge is 0.352 e. The van der Waals surface area contributed by atoms with Crippen molar-refractivity contribution in [2.45, 2.75) is 94.1 Å². The first-order chi connectivity index (χ1) is 18.2. The number of nitrogens with one attached hydrogen (secondary N) is 2. The number of ether oxygens (including phenoxy) is 3. The van der Waals surface area contributed by atoms with E-state index in [4.69, 9.17) is 14.2 Å². The molecule has 3 aliphatic carbocycles. The Kier molecular flexibility index (Phi) is 5.95. The molecule has 4 N–H and O–H groups in total. The summed E-state index contributed by atoms with van der Waals surface area (Å²) in [6.45, 7) is 3.68. The first-order valence-corrected chi connectivity index (χ1v) is 13.6. The molecule has 1 aromatic carbocycles. The number of rotatable bonds is 6. The Morgan fingerprint density at radius 3 is 2.76 bits per heavy atom. The summed E-state index contributed by atoms with van der Waals surface area (Å²) >= 11 is 0. The second kappa shape index (κ2) is 8.98. The summed E-state index contributed by atoms with van der Waals surface area (Å²) < 4.78 is 17.3. The molecule has 0 unspecified atom stereocenters. The van der Waals surface area contributed by atoms with Gasteiger partial charge in [0.15, 0.2) is 23.7 Å². The van der Waals surface area contributed by atoms with Crippen LogP contribution < -0.4 is 15.4 Å². The summed E-state index contributed by atoms with van der Waals surface area (Å²) in [6, 6.07) is 2.24. The second-order valence-electron chi connectivity index (χ2n) is 11.3. The van der Waals surface area contributed by atoms with Gasteiger partial charge in [-0.1, -0.05) is 12.5 Å². The van der Waals surface area contributed by atoms with Crippen LogP contribution >= 0.6 is 0 Å². The number of benzene rings is 1. The third-order valence-corrected chi connectivity index (χ3v) is 9.20. The maximum Gasteiger partial charge on any atom is 0.352 e. The molecule has 38 heavy (non-hydrogen) atoms. The molecule has 10 heteroatoms. The monoisotopic (exact) mass is 526 g/mol. The summed E-state index contributed by atoms with van der Waals surface area (Å²) in [5, 5.41) is 28.3. The van der Waals surface area contributed by atoms with E-state index < -0.39 is 41.2 Å². The van der Waals surface area contributed by atoms with Crippen LogP contribution in [0, 0.1) is 5.92 Å². The molecule has 7 atom stereocenters. The van der Waals surface area contributed by atoms with Crippen molar-refractivity contribution in [1.29, 1.82) is 0 Å². The Labute approximate surface area is 220 Å². The Balaban J connectivity index is 1.17. The van der Waals surface area contributed by atoms with Gasteiger partial charge >= 0.3 is 11.9 Å². The molecule has 1 saturated heterocycles. The number of aliphatic hydroxyl groups is 1. The van der Waals surface area contributed by atoms with Crippen molar-refractivity contribution in [1.82, 2.24) is 10.6 Å². The van der Waals surface area contributed by atoms with Gasteiger partial charge < -0.3 is 35.1 Å². The number of hydrogen-bond donors (Lipinski definition) is 4. The third-order valence-electron chi connectivity index (χ3n) is 9.20. The van der Waals surface area contributed by atoms with Crippen LogP contribution in [0.3, 0.4) is 0 Å². The first kappa shape index (κ1) is 25.2. The lowest BCUT2D eigenvalue weighted by atomic mass is 9.47. The summed E-state index contributed by atoms with van der Waals surface area (Å²) in [5.74, 6) is -1.18. The van der Waals surface area contributed by atoms with E-state index in [-0.39, 0.29) is 29.4 Å². The van der Waals surface area contributed by atoms with Crippen LogP contribution in [0.4, 0.5) is 0 Å². The van der Waals surface area contributed by atoms with Crippen LogP contribution in [-0.4, -0.2) is 64.5 Å². The minimum absolute atomic E-state index is 0.00397. The van der Waals surface area contributed by atoms with Crippen LogP contribution in [-0.2, 0) is 35.7 Å². The molecular formula is C28H34N2O8. The third kappa shape index (κ3) is 3.56. The number of hydrogen-bond acceptors (Lipinski definition) is 9. The molecule has 2 heterocycles. The zero-order valence-electron chi connectivity index (χ0n) is 21.6. The normalized spacial score (nSPS) is 33.8. The molecule has 1 saturated carbocycles. The first-order valence-electron chi connectivity index (χ1n) is 13.6. The van der Waals surface area contributed by atoms with E-state index in [1.807, 2.05) is 6.07 Å². The minimum Gasteiger partial charge on any atom is -0.504 e. The highest BCUT2D eigenvalue weighted by Gasteiger charge is 2.70. The van der Waals surface area contributed by atoms with Gasteiger partial charge in [-0.15, -0.1) is 0 Å². The average Bonchev–Trinajstić information content (AvgIpc) is 3.53. The van der Waals surface area contributed by atoms with E-state index in [1.165, 1.54) is 13.8 Å². The van der Waals surface area contributed by atoms with Crippen molar-refractivity contribution in [3.8, 4) is 11.5 Å². The number of phenolic OH excluding ortho intramolecular Hbond substituents is 1. The predicted octanol–water partition coefficient (Wildman–Crippen LogP) is 1.50. The van der Waals surface area contributed by atoms with Crippen LogP contribution in [0.15, 0.2) is 24.0 Å². The SMILES string of the molecule is C[C@H](NC(=O)[C@@H]1CCCN1)C(=O)O[C@@H](C)C(=O)OC1=CC[C@@]2(O)[C@@H]3CCC[C@@]24c2c(ccc(O)c2O[C@@H]14)C3. The molecule has 2 fully saturated rings. The Bertz CT molecular complexity index is 1220. The van der Waals surface area contributed by atoms with Gasteiger partial charge in [0.2, 0.25) is 5.91 Å². The van der Waals surface area contributed by atoms with Crippen molar-refractivity contribution in [3.05, 3.63) is 35.1 Å². The van der Waals surface area contributed by atoms with Gasteiger partial charge in [0, 0.05) is 5.56 Å². The predicted molar refractivity (Wildman–Crippen MR) is 133 cm³/mol. The maximum absolute atomic E-state index is 13.0. The van der Waals surface area contributed by atoms with Gasteiger partial charge in [-0.05, 0) is 82.5 Å². The fourth-order valence-corrected chi connectivity index (χ4v) is 7.34. The van der Waals surface area contributed by atoms with Gasteiger partial charge in [-0.25, -0.2) is 9.59 Å². The molecule has 1 aromatic rings. The zero-order chi connectivity index (χ0) is 26.8. The fourth-order valence-electron chi connectivity index (χ4n) is 7.34. The number of carbonyl (C=O) groups excluding carboxylic acids is 3. The molecular weight excluding hydrogens is 492 g/mol. The van der Waals surface area contributed by atoms with Gasteiger partial charge in [-0.2, -0.15) is 0 Å². The van der Waals surface area contributed by atoms with E-state index in [0.29, 0.717) is 31.4 Å². The van der Waals surface area contributed by atoms with Crippen LogP contribution in [0.2, 0.25) is 0 Å². The van der Waals surface area contributed by atoms with Crippen LogP contribution in [0.1, 0.15) is 63.5 Å². The molecule has 0 aromatic heterocycles. The molecule has 6 rings (SSSR count). The highest BCUT2D eigenvalue weighted by atomic mass is 16.6. The Morgan fingerprint density at radius 2 is 2.00 bits per heavy atom. The number of phenols is 1. The van der Waals surface area contributed by atoms with Crippen molar-refractivity contribution in [3.63, 3.8) is 0 Å². The van der Waals surface area contributed by atoms with E-state index in [1.54, 1.807) is 12.1 Å². The van der Waals surface area contributed by atoms with Gasteiger partial charge in [0.05, 0.1) is 17.1 Å². The maximum atomic E-state index is 13.0. The standard InChI is InChI=1S/C28H34N2O8/c1-14(30-24(32)18-6-4-12-29-18)25(33)36-15(2)26(34)37-20-9-11-28(35)17-5-3-10-27(28)21-16(13-17)7-8-19(31)22(21)38-23(20)27/h7-9,14-15,17-18,23,29,31,35H,3-6,10-13H2,1-2H3,(H,30,32)/t14-,15-,17+,18-,23-,27-,28+/m0/s1. The lowest BCUT2D eigenvalue weighted by Gasteiger charge is -2.59. The molecule has 10 nitrogen and oxygen atoms in total. The lowest BCUT2D eigenvalue weighted by molar-refractivity contribution is -0.172. The van der Waals surface area contributed by atoms with Gasteiger partial charge in [0.25, 0.3) is 0 Å². The second-order valence-corrected chi connectivity index (χ2v) is 11.3. The molecule has 1 spiro atoms. The van der Waals surface area contributed by atoms with E-state index >= 15 is 0 Å². The highest BCUT2D eigenvalue weighted by Crippen LogP contribution is 2.67. The highest BCUT2D eigenvalue weighted by molar-refractivity contribution is 5.88. The quantitative estimate of drug-likeness (QED) is 0.406. The molecule has 204 valence electrons. The topological polar surface area (TPSA) is 143 Å². The Morgan fingerprint density at radius 1 is 1.18 bits per heavy atom. The zero-order valence-corrected chi connectivity index (χ0v) is 21.6. The number of amides is 1. The van der Waals surface area contributed by atoms with Crippen molar-refractivity contribution >= 4 is 17.8 Å². The number of carbonyl (C=O) groups is 3. The molecule has 2 bridgehead atoms.